The van der Waals surface area contributed by atoms with Crippen molar-refractivity contribution in [1.82, 2.24) is 4.98 Å². The molecule has 0 saturated heterocycles. The Morgan fingerprint density at radius 3 is 2.62 bits per heavy atom. The molecule has 0 amide bonds. The molecule has 4 rings (SSSR count). The number of aromatic nitrogens is 1. The zero-order valence-electron chi connectivity index (χ0n) is 18.6. The first-order chi connectivity index (χ1) is 16.1. The van der Waals surface area contributed by atoms with E-state index < -0.39 is 29.5 Å². The van der Waals surface area contributed by atoms with Crippen LogP contribution in [-0.4, -0.2) is 39.2 Å². The summed E-state index contributed by atoms with van der Waals surface area (Å²) >= 11 is 4.73. The molecule has 10 heteroatoms. The molecule has 2 aromatic heterocycles. The predicted molar refractivity (Wildman–Crippen MR) is 128 cm³/mol. The van der Waals surface area contributed by atoms with E-state index in [1.807, 2.05) is 0 Å². The minimum Gasteiger partial charge on any atom is -0.507 e. The Kier molecular flexibility index (Phi) is 6.66. The summed E-state index contributed by atoms with van der Waals surface area (Å²) in [6.45, 7) is 3.09. The van der Waals surface area contributed by atoms with Crippen molar-refractivity contribution in [3.05, 3.63) is 66.6 Å². The lowest BCUT2D eigenvalue weighted by Gasteiger charge is -2.23. The second-order valence-corrected chi connectivity index (χ2v) is 10.5. The second-order valence-electron chi connectivity index (χ2n) is 7.98. The van der Waals surface area contributed by atoms with Crippen LogP contribution >= 0.6 is 27.3 Å². The number of hydrogen-bond acceptors (Lipinski definition) is 9. The minimum absolute atomic E-state index is 0.0183. The van der Waals surface area contributed by atoms with Gasteiger partial charge in [0.1, 0.15) is 23.4 Å². The van der Waals surface area contributed by atoms with Gasteiger partial charge in [0, 0.05) is 39.2 Å². The Balaban J connectivity index is 1.97. The highest BCUT2D eigenvalue weighted by Gasteiger charge is 2.36. The first kappa shape index (κ1) is 24.2. The van der Waals surface area contributed by atoms with Crippen LogP contribution < -0.4 is 0 Å². The molecule has 1 aliphatic rings. The molecule has 3 N–H and O–H groups in total. The zero-order chi connectivity index (χ0) is 24.7. The third kappa shape index (κ3) is 4.17. The highest BCUT2D eigenvalue weighted by molar-refractivity contribution is 9.11. The predicted octanol–water partition coefficient (Wildman–Crippen LogP) is 4.85. The van der Waals surface area contributed by atoms with Gasteiger partial charge in [-0.2, -0.15) is 0 Å². The first-order valence-corrected chi connectivity index (χ1v) is 12.0. The Morgan fingerprint density at radius 1 is 1.26 bits per heavy atom. The summed E-state index contributed by atoms with van der Waals surface area (Å²) in [6.07, 6.45) is 0.516. The third-order valence-electron chi connectivity index (χ3n) is 5.91. The van der Waals surface area contributed by atoms with Crippen molar-refractivity contribution >= 4 is 39.0 Å². The lowest BCUT2D eigenvalue weighted by molar-refractivity contribution is -0.140. The summed E-state index contributed by atoms with van der Waals surface area (Å²) in [5.74, 6) is -2.59. The molecule has 2 atom stereocenters. The Hall–Kier alpha value is -2.95. The normalized spacial score (nSPS) is 15.7. The van der Waals surface area contributed by atoms with Gasteiger partial charge in [-0.25, -0.2) is 0 Å². The molecule has 34 heavy (non-hydrogen) atoms. The van der Waals surface area contributed by atoms with Crippen molar-refractivity contribution in [3.8, 4) is 17.2 Å². The van der Waals surface area contributed by atoms with E-state index in [0.717, 1.165) is 3.79 Å². The number of ketones is 1. The van der Waals surface area contributed by atoms with E-state index >= 15 is 0 Å². The lowest BCUT2D eigenvalue weighted by Crippen LogP contribution is -2.13. The number of aromatic hydroxyl groups is 3. The summed E-state index contributed by atoms with van der Waals surface area (Å²) in [5, 5.41) is 33.2. The number of phenolic OH excluding ortho intramolecular Hbond substituents is 2. The number of pyridine rings is 1. The van der Waals surface area contributed by atoms with Gasteiger partial charge < -0.3 is 24.8 Å². The maximum absolute atomic E-state index is 12.5. The van der Waals surface area contributed by atoms with Gasteiger partial charge in [-0.05, 0) is 48.0 Å². The standard InChI is InChI=1S/C24H22BrNO7S/c1-10-21(29)19-12(8-26-10)9-33-24(19)15-6-13(11(2)27)22(30)20(23(15)31)14(7-18(28)32-3)16-4-5-17(25)34-16/h4-6,8,14,24,29-31H,7,9H2,1-3H3/t14-,24-/m1/s1. The van der Waals surface area contributed by atoms with Gasteiger partial charge in [0.2, 0.25) is 0 Å². The molecule has 1 aliphatic heterocycles. The molecule has 3 aromatic rings. The van der Waals surface area contributed by atoms with Crippen molar-refractivity contribution < 1.29 is 34.4 Å². The van der Waals surface area contributed by atoms with Crippen molar-refractivity contribution in [1.29, 1.82) is 0 Å². The van der Waals surface area contributed by atoms with Gasteiger partial charge in [0.25, 0.3) is 0 Å². The molecule has 0 radical (unpaired) electrons. The molecule has 0 aliphatic carbocycles. The van der Waals surface area contributed by atoms with Gasteiger partial charge in [0.15, 0.2) is 5.78 Å². The zero-order valence-corrected chi connectivity index (χ0v) is 21.0. The number of fused-ring (bicyclic) bond motifs is 1. The first-order valence-electron chi connectivity index (χ1n) is 10.3. The highest BCUT2D eigenvalue weighted by Crippen LogP contribution is 2.51. The van der Waals surface area contributed by atoms with E-state index in [4.69, 9.17) is 9.47 Å². The van der Waals surface area contributed by atoms with E-state index in [2.05, 4.69) is 20.9 Å². The fraction of sp³-hybridized carbons (Fsp3) is 0.292. The lowest BCUT2D eigenvalue weighted by atomic mass is 9.85. The van der Waals surface area contributed by atoms with Gasteiger partial charge in [0.05, 0.1) is 35.2 Å². The number of halogens is 1. The number of aryl methyl sites for hydroxylation is 1. The largest absolute Gasteiger partial charge is 0.507 e. The molecule has 8 nitrogen and oxygen atoms in total. The molecule has 3 heterocycles. The molecule has 0 saturated carbocycles. The van der Waals surface area contributed by atoms with E-state index in [9.17, 15) is 24.9 Å². The van der Waals surface area contributed by atoms with Crippen LogP contribution in [0.3, 0.4) is 0 Å². The van der Waals surface area contributed by atoms with Crippen LogP contribution in [0.25, 0.3) is 0 Å². The van der Waals surface area contributed by atoms with Gasteiger partial charge >= 0.3 is 5.97 Å². The van der Waals surface area contributed by atoms with Crippen LogP contribution in [0.4, 0.5) is 0 Å². The van der Waals surface area contributed by atoms with Crippen molar-refractivity contribution in [2.75, 3.05) is 7.11 Å². The summed E-state index contributed by atoms with van der Waals surface area (Å²) in [4.78, 5) is 29.6. The maximum atomic E-state index is 12.5. The van der Waals surface area contributed by atoms with Crippen LogP contribution in [0, 0.1) is 6.92 Å². The Bertz CT molecular complexity index is 1300. The highest BCUT2D eigenvalue weighted by atomic mass is 79.9. The van der Waals surface area contributed by atoms with E-state index in [-0.39, 0.29) is 41.2 Å². The van der Waals surface area contributed by atoms with Crippen molar-refractivity contribution in [2.24, 2.45) is 0 Å². The van der Waals surface area contributed by atoms with E-state index in [0.29, 0.717) is 21.7 Å². The monoisotopic (exact) mass is 547 g/mol. The van der Waals surface area contributed by atoms with Crippen LogP contribution in [-0.2, 0) is 20.9 Å². The second kappa shape index (κ2) is 9.36. The smallest absolute Gasteiger partial charge is 0.306 e. The number of benzene rings is 1. The van der Waals surface area contributed by atoms with Gasteiger partial charge in [-0.1, -0.05) is 0 Å². The Labute approximate surface area is 207 Å². The number of carbonyl (C=O) groups excluding carboxylic acids is 2. The van der Waals surface area contributed by atoms with Gasteiger partial charge in [-0.3, -0.25) is 14.6 Å². The molecular weight excluding hydrogens is 526 g/mol. The molecular formula is C24H22BrNO7S. The minimum atomic E-state index is -0.900. The number of rotatable bonds is 6. The summed E-state index contributed by atoms with van der Waals surface area (Å²) in [6, 6.07) is 4.92. The summed E-state index contributed by atoms with van der Waals surface area (Å²) < 4.78 is 11.5. The number of thiophene rings is 1. The fourth-order valence-electron chi connectivity index (χ4n) is 4.18. The number of esters is 1. The molecule has 0 fully saturated rings. The average Bonchev–Trinajstić information content (AvgIpc) is 3.42. The SMILES string of the molecule is COC(=O)C[C@H](c1ccc(Br)s1)c1c(O)c(C(C)=O)cc([C@H]2OCc3cnc(C)c(O)c32)c1O. The number of hydrogen-bond donors (Lipinski definition) is 3. The van der Waals surface area contributed by atoms with E-state index in [1.54, 1.807) is 25.3 Å². The maximum Gasteiger partial charge on any atom is 0.306 e. The third-order valence-corrected chi connectivity index (χ3v) is 7.65. The topological polar surface area (TPSA) is 126 Å². The number of ether oxygens (including phenoxy) is 2. The van der Waals surface area contributed by atoms with Crippen LogP contribution in [0.1, 0.15) is 68.5 Å². The summed E-state index contributed by atoms with van der Waals surface area (Å²) in [5.41, 5.74) is 1.67. The van der Waals surface area contributed by atoms with Gasteiger partial charge in [-0.15, -0.1) is 11.3 Å². The van der Waals surface area contributed by atoms with Crippen molar-refractivity contribution in [3.63, 3.8) is 0 Å². The number of methoxy groups -OCH3 is 1. The number of carbonyl (C=O) groups is 2. The van der Waals surface area contributed by atoms with Crippen LogP contribution in [0.5, 0.6) is 17.2 Å². The molecule has 1 aromatic carbocycles. The van der Waals surface area contributed by atoms with E-state index in [1.165, 1.54) is 31.4 Å². The van der Waals surface area contributed by atoms with Crippen LogP contribution in [0.2, 0.25) is 0 Å². The molecule has 0 unspecified atom stereocenters. The molecule has 0 bridgehead atoms. The summed E-state index contributed by atoms with van der Waals surface area (Å²) in [7, 11) is 1.25. The fourth-order valence-corrected chi connectivity index (χ4v) is 5.71. The number of nitrogens with zero attached hydrogens (tertiary/aromatic N) is 1. The average molecular weight is 548 g/mol. The number of Topliss-reactive ketones (excluding diaryl/α,β-unsaturated/α-hetero) is 1. The Morgan fingerprint density at radius 2 is 2.00 bits per heavy atom. The molecule has 178 valence electrons. The van der Waals surface area contributed by atoms with Crippen molar-refractivity contribution in [2.45, 2.75) is 38.9 Å². The molecule has 0 spiro atoms. The van der Waals surface area contributed by atoms with Crippen LogP contribution in [0.15, 0.2) is 28.2 Å². The quantitative estimate of drug-likeness (QED) is 0.295. The number of phenols is 2.